The molecule has 24 heavy (non-hydrogen) atoms. The summed E-state index contributed by atoms with van der Waals surface area (Å²) in [5.41, 5.74) is 0.391. The molecule has 0 unspecified atom stereocenters. The molecule has 5 nitrogen and oxygen atoms in total. The number of Topliss-reactive ketones (excluding diaryl/α,β-unsaturated/α-hetero) is 1. The fraction of sp³-hybridized carbons (Fsp3) is 0.105. The fourth-order valence-corrected chi connectivity index (χ4v) is 2.31. The Morgan fingerprint density at radius 2 is 1.67 bits per heavy atom. The second kappa shape index (κ2) is 6.50. The van der Waals surface area contributed by atoms with Gasteiger partial charge < -0.3 is 9.15 Å². The molecule has 0 radical (unpaired) electrons. The van der Waals surface area contributed by atoms with Gasteiger partial charge >= 0.3 is 5.97 Å². The Morgan fingerprint density at radius 3 is 2.42 bits per heavy atom. The predicted molar refractivity (Wildman–Crippen MR) is 88.1 cm³/mol. The van der Waals surface area contributed by atoms with Crippen LogP contribution in [0, 0.1) is 0 Å². The largest absolute Gasteiger partial charge is 0.449 e. The number of esters is 1. The molecule has 0 fully saturated rings. The first-order valence-electron chi connectivity index (χ1n) is 7.39. The van der Waals surface area contributed by atoms with Crippen LogP contribution in [0.25, 0.3) is 11.0 Å². The first kappa shape index (κ1) is 15.7. The lowest BCUT2D eigenvalue weighted by Crippen LogP contribution is -2.24. The molecule has 120 valence electrons. The van der Waals surface area contributed by atoms with Crippen molar-refractivity contribution in [3.8, 4) is 0 Å². The lowest BCUT2D eigenvalue weighted by Gasteiger charge is -2.12. The molecule has 1 heterocycles. The van der Waals surface area contributed by atoms with Crippen LogP contribution in [0.2, 0.25) is 0 Å². The number of fused-ring (bicyclic) bond motifs is 1. The highest BCUT2D eigenvalue weighted by atomic mass is 16.6. The van der Waals surface area contributed by atoms with Crippen molar-refractivity contribution in [3.63, 3.8) is 0 Å². The van der Waals surface area contributed by atoms with Crippen molar-refractivity contribution in [3.05, 3.63) is 82.2 Å². The van der Waals surface area contributed by atoms with Crippen LogP contribution in [0.5, 0.6) is 0 Å². The SMILES string of the molecule is C[C@@H](OC(=O)c1cc(=O)c2ccccc2o1)C(=O)c1ccccc1. The van der Waals surface area contributed by atoms with Gasteiger partial charge in [-0.05, 0) is 19.1 Å². The number of para-hydroxylation sites is 1. The molecule has 0 amide bonds. The van der Waals surface area contributed by atoms with Crippen LogP contribution in [-0.4, -0.2) is 17.9 Å². The number of hydrogen-bond donors (Lipinski definition) is 0. The van der Waals surface area contributed by atoms with E-state index < -0.39 is 12.1 Å². The average molecular weight is 322 g/mol. The maximum Gasteiger partial charge on any atom is 0.375 e. The van der Waals surface area contributed by atoms with Gasteiger partial charge in [-0.25, -0.2) is 4.79 Å². The number of carbonyl (C=O) groups excluding carboxylic acids is 2. The minimum absolute atomic E-state index is 0.230. The molecule has 0 aliphatic carbocycles. The van der Waals surface area contributed by atoms with E-state index in [1.54, 1.807) is 54.6 Å². The van der Waals surface area contributed by atoms with Crippen LogP contribution in [0.15, 0.2) is 69.9 Å². The van der Waals surface area contributed by atoms with Crippen LogP contribution in [0.3, 0.4) is 0 Å². The number of hydrogen-bond acceptors (Lipinski definition) is 5. The van der Waals surface area contributed by atoms with Crippen LogP contribution in [0.4, 0.5) is 0 Å². The van der Waals surface area contributed by atoms with Crippen molar-refractivity contribution < 1.29 is 18.7 Å². The smallest absolute Gasteiger partial charge is 0.375 e. The van der Waals surface area contributed by atoms with E-state index in [0.717, 1.165) is 6.07 Å². The van der Waals surface area contributed by atoms with Crippen LogP contribution < -0.4 is 5.43 Å². The van der Waals surface area contributed by atoms with Gasteiger partial charge in [-0.1, -0.05) is 42.5 Å². The van der Waals surface area contributed by atoms with Crippen molar-refractivity contribution in [2.24, 2.45) is 0 Å². The van der Waals surface area contributed by atoms with Gasteiger partial charge in [0.05, 0.1) is 5.39 Å². The minimum Gasteiger partial charge on any atom is -0.449 e. The number of ether oxygens (including phenoxy) is 1. The summed E-state index contributed by atoms with van der Waals surface area (Å²) in [5.74, 6) is -1.41. The number of carbonyl (C=O) groups is 2. The third kappa shape index (κ3) is 3.10. The monoisotopic (exact) mass is 322 g/mol. The van der Waals surface area contributed by atoms with E-state index in [9.17, 15) is 14.4 Å². The van der Waals surface area contributed by atoms with Gasteiger partial charge in [0.15, 0.2) is 11.5 Å². The molecule has 2 aromatic carbocycles. The lowest BCUT2D eigenvalue weighted by molar-refractivity contribution is 0.0289. The molecule has 5 heteroatoms. The lowest BCUT2D eigenvalue weighted by atomic mass is 10.1. The Labute approximate surface area is 137 Å². The third-order valence-electron chi connectivity index (χ3n) is 3.55. The van der Waals surface area contributed by atoms with Gasteiger partial charge in [-0.3, -0.25) is 9.59 Å². The van der Waals surface area contributed by atoms with Crippen LogP contribution >= 0.6 is 0 Å². The van der Waals surface area contributed by atoms with E-state index in [1.165, 1.54) is 6.92 Å². The molecule has 0 bridgehead atoms. The molecule has 1 aromatic heterocycles. The van der Waals surface area contributed by atoms with E-state index in [0.29, 0.717) is 16.5 Å². The molecule has 0 saturated heterocycles. The topological polar surface area (TPSA) is 73.6 Å². The average Bonchev–Trinajstić information content (AvgIpc) is 2.61. The highest BCUT2D eigenvalue weighted by Gasteiger charge is 2.22. The van der Waals surface area contributed by atoms with Crippen LogP contribution in [0.1, 0.15) is 27.8 Å². The summed E-state index contributed by atoms with van der Waals surface area (Å²) in [4.78, 5) is 36.4. The van der Waals surface area contributed by atoms with Gasteiger partial charge in [0.1, 0.15) is 5.58 Å². The molecular formula is C19H14O5. The molecule has 3 rings (SSSR count). The molecule has 0 aliphatic heterocycles. The van der Waals surface area contributed by atoms with E-state index in [-0.39, 0.29) is 17.0 Å². The Morgan fingerprint density at radius 1 is 1.00 bits per heavy atom. The maximum absolute atomic E-state index is 12.2. The molecule has 3 aromatic rings. The Hall–Kier alpha value is -3.21. The zero-order chi connectivity index (χ0) is 17.1. The summed E-state index contributed by atoms with van der Waals surface area (Å²) >= 11 is 0. The van der Waals surface area contributed by atoms with Crippen molar-refractivity contribution in [1.82, 2.24) is 0 Å². The summed E-state index contributed by atoms with van der Waals surface area (Å²) < 4.78 is 10.5. The molecule has 0 spiro atoms. The number of rotatable bonds is 4. The molecule has 0 N–H and O–H groups in total. The van der Waals surface area contributed by atoms with E-state index >= 15 is 0 Å². The van der Waals surface area contributed by atoms with Crippen molar-refractivity contribution in [2.75, 3.05) is 0 Å². The van der Waals surface area contributed by atoms with Gasteiger partial charge in [0.25, 0.3) is 0 Å². The maximum atomic E-state index is 12.2. The van der Waals surface area contributed by atoms with Crippen molar-refractivity contribution in [1.29, 1.82) is 0 Å². The minimum atomic E-state index is -0.989. The van der Waals surface area contributed by atoms with Crippen molar-refractivity contribution >= 4 is 22.7 Å². The van der Waals surface area contributed by atoms with Gasteiger partial charge in [-0.2, -0.15) is 0 Å². The quantitative estimate of drug-likeness (QED) is 0.544. The molecule has 0 saturated carbocycles. The molecule has 0 aliphatic rings. The van der Waals surface area contributed by atoms with E-state index in [4.69, 9.17) is 9.15 Å². The fourth-order valence-electron chi connectivity index (χ4n) is 2.31. The standard InChI is InChI=1S/C19H14O5/c1-12(18(21)13-7-3-2-4-8-13)23-19(22)17-11-15(20)14-9-5-6-10-16(14)24-17/h2-12H,1H3/t12-/m1/s1. The summed E-state index contributed by atoms with van der Waals surface area (Å²) in [6.45, 7) is 1.48. The Balaban J connectivity index is 1.82. The highest BCUT2D eigenvalue weighted by molar-refractivity contribution is 6.01. The molecule has 1 atom stereocenters. The third-order valence-corrected chi connectivity index (χ3v) is 3.55. The summed E-state index contributed by atoms with van der Waals surface area (Å²) in [6, 6.07) is 16.2. The Kier molecular flexibility index (Phi) is 4.24. The summed E-state index contributed by atoms with van der Waals surface area (Å²) in [6.07, 6.45) is -0.989. The zero-order valence-electron chi connectivity index (χ0n) is 12.9. The number of ketones is 1. The van der Waals surface area contributed by atoms with Gasteiger partial charge in [-0.15, -0.1) is 0 Å². The van der Waals surface area contributed by atoms with E-state index in [1.807, 2.05) is 0 Å². The Bertz CT molecular complexity index is 956. The zero-order valence-corrected chi connectivity index (χ0v) is 12.9. The van der Waals surface area contributed by atoms with E-state index in [2.05, 4.69) is 0 Å². The van der Waals surface area contributed by atoms with Crippen molar-refractivity contribution in [2.45, 2.75) is 13.0 Å². The van der Waals surface area contributed by atoms with Crippen LogP contribution in [-0.2, 0) is 4.74 Å². The normalized spacial score (nSPS) is 11.9. The van der Waals surface area contributed by atoms with Gasteiger partial charge in [0.2, 0.25) is 11.5 Å². The molecular weight excluding hydrogens is 308 g/mol. The van der Waals surface area contributed by atoms with Gasteiger partial charge in [0, 0.05) is 11.6 Å². The second-order valence-electron chi connectivity index (χ2n) is 5.25. The summed E-state index contributed by atoms with van der Waals surface area (Å²) in [5, 5.41) is 0.377. The second-order valence-corrected chi connectivity index (χ2v) is 5.25. The first-order chi connectivity index (χ1) is 11.6. The number of benzene rings is 2. The highest BCUT2D eigenvalue weighted by Crippen LogP contribution is 2.14. The predicted octanol–water partition coefficient (Wildman–Crippen LogP) is 3.22. The first-order valence-corrected chi connectivity index (χ1v) is 7.39. The summed E-state index contributed by atoms with van der Waals surface area (Å²) in [7, 11) is 0.